The van der Waals surface area contributed by atoms with Gasteiger partial charge >= 0.3 is 6.18 Å². The quantitative estimate of drug-likeness (QED) is 0.825. The van der Waals surface area contributed by atoms with Crippen molar-refractivity contribution < 1.29 is 17.6 Å². The molecular weight excluding hydrogens is 304 g/mol. The summed E-state index contributed by atoms with van der Waals surface area (Å²) in [5.41, 5.74) is 4.66. The molecule has 1 heterocycles. The highest BCUT2D eigenvalue weighted by atomic mass is 32.1. The van der Waals surface area contributed by atoms with E-state index in [4.69, 9.17) is 5.73 Å². The van der Waals surface area contributed by atoms with Gasteiger partial charge in [-0.05, 0) is 29.1 Å². The zero-order valence-electron chi connectivity index (χ0n) is 11.0. The van der Waals surface area contributed by atoms with Gasteiger partial charge < -0.3 is 11.1 Å². The Hall–Kier alpha value is -1.44. The molecule has 0 saturated carbocycles. The van der Waals surface area contributed by atoms with E-state index in [2.05, 4.69) is 5.32 Å². The molecule has 114 valence electrons. The molecule has 0 aliphatic carbocycles. The number of nitrogens with two attached hydrogens (primary N) is 1. The minimum atomic E-state index is -4.72. The summed E-state index contributed by atoms with van der Waals surface area (Å²) < 4.78 is 51.4. The summed E-state index contributed by atoms with van der Waals surface area (Å²) in [6.07, 6.45) is -4.72. The van der Waals surface area contributed by atoms with Crippen molar-refractivity contribution in [3.05, 3.63) is 57.5 Å². The highest BCUT2D eigenvalue weighted by Gasteiger charge is 2.34. The van der Waals surface area contributed by atoms with E-state index in [-0.39, 0.29) is 6.54 Å². The number of hydrogen-bond donors (Lipinski definition) is 2. The van der Waals surface area contributed by atoms with Gasteiger partial charge in [-0.1, -0.05) is 12.1 Å². The molecule has 21 heavy (non-hydrogen) atoms. The highest BCUT2D eigenvalue weighted by molar-refractivity contribution is 7.09. The van der Waals surface area contributed by atoms with Crippen LogP contribution in [-0.4, -0.2) is 6.54 Å². The molecule has 0 saturated heterocycles. The third kappa shape index (κ3) is 4.03. The Balaban J connectivity index is 2.18. The molecule has 2 nitrogen and oxygen atoms in total. The highest BCUT2D eigenvalue weighted by Crippen LogP contribution is 2.33. The maximum absolute atomic E-state index is 13.3. The second-order valence-corrected chi connectivity index (χ2v) is 5.52. The van der Waals surface area contributed by atoms with E-state index in [1.54, 1.807) is 0 Å². The molecule has 0 radical (unpaired) electrons. The standard InChI is InChI=1S/C14H14F4N2S/c15-12-4-3-9(6-11(12)14(16,17)18)13(7-19)20-8-10-2-1-5-21-10/h1-6,13,20H,7-8,19H2. The molecule has 0 fully saturated rings. The Bertz CT molecular complexity index is 581. The fraction of sp³-hybridized carbons (Fsp3) is 0.286. The molecule has 1 atom stereocenters. The average molecular weight is 318 g/mol. The fourth-order valence-electron chi connectivity index (χ4n) is 1.95. The second-order valence-electron chi connectivity index (χ2n) is 4.49. The Morgan fingerprint density at radius 1 is 1.24 bits per heavy atom. The van der Waals surface area contributed by atoms with Crippen LogP contribution in [0, 0.1) is 5.82 Å². The van der Waals surface area contributed by atoms with Crippen molar-refractivity contribution >= 4 is 11.3 Å². The zero-order chi connectivity index (χ0) is 15.5. The van der Waals surface area contributed by atoms with Crippen LogP contribution in [0.2, 0.25) is 0 Å². The minimum Gasteiger partial charge on any atom is -0.329 e. The lowest BCUT2D eigenvalue weighted by Crippen LogP contribution is -2.28. The summed E-state index contributed by atoms with van der Waals surface area (Å²) in [6, 6.07) is 6.30. The van der Waals surface area contributed by atoms with Crippen LogP contribution in [0.5, 0.6) is 0 Å². The van der Waals surface area contributed by atoms with Crippen LogP contribution in [0.15, 0.2) is 35.7 Å². The van der Waals surface area contributed by atoms with Crippen molar-refractivity contribution in [2.45, 2.75) is 18.8 Å². The normalized spacial score (nSPS) is 13.4. The maximum Gasteiger partial charge on any atom is 0.419 e. The first-order valence-corrected chi connectivity index (χ1v) is 7.12. The molecular formula is C14H14F4N2S. The molecule has 1 unspecified atom stereocenters. The molecule has 7 heteroatoms. The van der Waals surface area contributed by atoms with E-state index < -0.39 is 23.6 Å². The Morgan fingerprint density at radius 3 is 2.57 bits per heavy atom. The van der Waals surface area contributed by atoms with E-state index in [0.717, 1.165) is 17.0 Å². The molecule has 0 spiro atoms. The molecule has 0 bridgehead atoms. The summed E-state index contributed by atoms with van der Waals surface area (Å²) in [6.45, 7) is 0.618. The van der Waals surface area contributed by atoms with E-state index in [0.29, 0.717) is 12.1 Å². The topological polar surface area (TPSA) is 38.0 Å². The summed E-state index contributed by atoms with van der Waals surface area (Å²) in [4.78, 5) is 1.05. The van der Waals surface area contributed by atoms with Gasteiger partial charge in [0.2, 0.25) is 0 Å². The van der Waals surface area contributed by atoms with Crippen LogP contribution < -0.4 is 11.1 Å². The van der Waals surface area contributed by atoms with Crippen LogP contribution >= 0.6 is 11.3 Å². The van der Waals surface area contributed by atoms with Gasteiger partial charge in [0.15, 0.2) is 0 Å². The Morgan fingerprint density at radius 2 is 2.00 bits per heavy atom. The molecule has 1 aromatic heterocycles. The third-order valence-electron chi connectivity index (χ3n) is 3.04. The van der Waals surface area contributed by atoms with Crippen LogP contribution in [0.1, 0.15) is 22.0 Å². The fourth-order valence-corrected chi connectivity index (χ4v) is 2.61. The largest absolute Gasteiger partial charge is 0.419 e. The van der Waals surface area contributed by atoms with Crippen molar-refractivity contribution in [3.63, 3.8) is 0 Å². The smallest absolute Gasteiger partial charge is 0.329 e. The van der Waals surface area contributed by atoms with Crippen molar-refractivity contribution in [2.24, 2.45) is 5.73 Å². The number of alkyl halides is 3. The predicted molar refractivity (Wildman–Crippen MR) is 74.4 cm³/mol. The number of hydrogen-bond acceptors (Lipinski definition) is 3. The van der Waals surface area contributed by atoms with Gasteiger partial charge in [0.1, 0.15) is 5.82 Å². The third-order valence-corrected chi connectivity index (χ3v) is 3.91. The van der Waals surface area contributed by atoms with Gasteiger partial charge in [-0.15, -0.1) is 11.3 Å². The Labute approximate surface area is 123 Å². The molecule has 2 aromatic rings. The monoisotopic (exact) mass is 318 g/mol. The van der Waals surface area contributed by atoms with Crippen LogP contribution in [-0.2, 0) is 12.7 Å². The summed E-state index contributed by atoms with van der Waals surface area (Å²) in [5, 5.41) is 4.99. The number of rotatable bonds is 5. The molecule has 2 rings (SSSR count). The molecule has 0 amide bonds. The predicted octanol–water partition coefficient (Wildman–Crippen LogP) is 3.70. The summed E-state index contributed by atoms with van der Waals surface area (Å²) in [5.74, 6) is -1.28. The average Bonchev–Trinajstić information content (AvgIpc) is 2.93. The van der Waals surface area contributed by atoms with Crippen LogP contribution in [0.3, 0.4) is 0 Å². The van der Waals surface area contributed by atoms with Gasteiger partial charge in [0, 0.05) is 24.0 Å². The summed E-state index contributed by atoms with van der Waals surface area (Å²) in [7, 11) is 0. The lowest BCUT2D eigenvalue weighted by atomic mass is 10.0. The van der Waals surface area contributed by atoms with Gasteiger partial charge in [-0.25, -0.2) is 4.39 Å². The Kier molecular flexibility index (Phi) is 4.97. The van der Waals surface area contributed by atoms with Gasteiger partial charge in [0.25, 0.3) is 0 Å². The van der Waals surface area contributed by atoms with E-state index in [1.165, 1.54) is 17.4 Å². The lowest BCUT2D eigenvalue weighted by molar-refractivity contribution is -0.140. The van der Waals surface area contributed by atoms with Gasteiger partial charge in [0.05, 0.1) is 5.56 Å². The van der Waals surface area contributed by atoms with Crippen molar-refractivity contribution in [3.8, 4) is 0 Å². The summed E-state index contributed by atoms with van der Waals surface area (Å²) >= 11 is 1.54. The number of thiophene rings is 1. The number of nitrogens with one attached hydrogen (secondary N) is 1. The first kappa shape index (κ1) is 15.9. The van der Waals surface area contributed by atoms with Crippen LogP contribution in [0.25, 0.3) is 0 Å². The van der Waals surface area contributed by atoms with E-state index in [9.17, 15) is 17.6 Å². The number of halogens is 4. The van der Waals surface area contributed by atoms with Crippen molar-refractivity contribution in [1.29, 1.82) is 0 Å². The molecule has 3 N–H and O–H groups in total. The van der Waals surface area contributed by atoms with E-state index in [1.807, 2.05) is 17.5 Å². The van der Waals surface area contributed by atoms with Gasteiger partial charge in [-0.3, -0.25) is 0 Å². The van der Waals surface area contributed by atoms with E-state index >= 15 is 0 Å². The van der Waals surface area contributed by atoms with Crippen molar-refractivity contribution in [1.82, 2.24) is 5.32 Å². The second kappa shape index (κ2) is 6.55. The first-order chi connectivity index (χ1) is 9.91. The SMILES string of the molecule is NCC(NCc1cccs1)c1ccc(F)c(C(F)(F)F)c1. The number of benzene rings is 1. The first-order valence-electron chi connectivity index (χ1n) is 6.24. The maximum atomic E-state index is 13.3. The van der Waals surface area contributed by atoms with Gasteiger partial charge in [-0.2, -0.15) is 13.2 Å². The lowest BCUT2D eigenvalue weighted by Gasteiger charge is -2.18. The minimum absolute atomic E-state index is 0.119. The van der Waals surface area contributed by atoms with Crippen LogP contribution in [0.4, 0.5) is 17.6 Å². The molecule has 1 aromatic carbocycles. The van der Waals surface area contributed by atoms with Crippen molar-refractivity contribution in [2.75, 3.05) is 6.54 Å². The molecule has 0 aliphatic heterocycles. The zero-order valence-corrected chi connectivity index (χ0v) is 11.8. The molecule has 0 aliphatic rings.